The molecule has 0 fully saturated rings. The van der Waals surface area contributed by atoms with Gasteiger partial charge in [0.1, 0.15) is 0 Å². The molecule has 1 unspecified atom stereocenters. The van der Waals surface area contributed by atoms with Crippen molar-refractivity contribution in [1.29, 1.82) is 0 Å². The normalized spacial score (nSPS) is 18.6. The Labute approximate surface area is 120 Å². The minimum Gasteiger partial charge on any atom is -0.388 e. The highest BCUT2D eigenvalue weighted by atomic mass is 19.4. The third-order valence-electron chi connectivity index (χ3n) is 3.93. The number of aromatic nitrogens is 1. The van der Waals surface area contributed by atoms with Gasteiger partial charge in [-0.1, -0.05) is 12.1 Å². The van der Waals surface area contributed by atoms with E-state index in [1.807, 2.05) is 17.0 Å². The summed E-state index contributed by atoms with van der Waals surface area (Å²) in [5, 5.41) is 9.93. The lowest BCUT2D eigenvalue weighted by molar-refractivity contribution is -0.137. The van der Waals surface area contributed by atoms with Crippen LogP contribution in [-0.4, -0.2) is 9.67 Å². The van der Waals surface area contributed by atoms with Crippen molar-refractivity contribution in [1.82, 2.24) is 4.57 Å². The predicted molar refractivity (Wildman–Crippen MR) is 72.9 cm³/mol. The van der Waals surface area contributed by atoms with Crippen molar-refractivity contribution in [2.75, 3.05) is 0 Å². The van der Waals surface area contributed by atoms with Crippen LogP contribution in [0.5, 0.6) is 0 Å². The van der Waals surface area contributed by atoms with Crippen molar-refractivity contribution in [2.45, 2.75) is 38.1 Å². The van der Waals surface area contributed by atoms with Crippen LogP contribution in [0.4, 0.5) is 13.2 Å². The summed E-state index contributed by atoms with van der Waals surface area (Å²) >= 11 is 0. The van der Waals surface area contributed by atoms with Gasteiger partial charge in [-0.3, -0.25) is 0 Å². The Morgan fingerprint density at radius 2 is 1.86 bits per heavy atom. The zero-order valence-electron chi connectivity index (χ0n) is 11.4. The van der Waals surface area contributed by atoms with Crippen LogP contribution in [-0.2, 0) is 19.1 Å². The summed E-state index contributed by atoms with van der Waals surface area (Å²) in [6.45, 7) is 0.512. The van der Waals surface area contributed by atoms with Crippen LogP contribution in [0.3, 0.4) is 0 Å². The van der Waals surface area contributed by atoms with Crippen molar-refractivity contribution in [3.63, 3.8) is 0 Å². The summed E-state index contributed by atoms with van der Waals surface area (Å²) in [6.07, 6.45) is 1.87. The van der Waals surface area contributed by atoms with Gasteiger partial charge in [-0.15, -0.1) is 0 Å². The number of alkyl halides is 3. The summed E-state index contributed by atoms with van der Waals surface area (Å²) in [5.41, 5.74) is 2.27. The molecule has 1 aromatic carbocycles. The third kappa shape index (κ3) is 2.97. The summed E-state index contributed by atoms with van der Waals surface area (Å²) in [6, 6.07) is 5.21. The molecule has 0 aliphatic heterocycles. The number of nitrogens with zero attached hydrogens (tertiary/aromatic N) is 1. The first-order valence-electron chi connectivity index (χ1n) is 6.96. The first-order chi connectivity index (χ1) is 9.93. The van der Waals surface area contributed by atoms with Gasteiger partial charge in [-0.25, -0.2) is 0 Å². The van der Waals surface area contributed by atoms with E-state index in [0.29, 0.717) is 6.54 Å². The number of benzene rings is 1. The molecule has 5 heteroatoms. The minimum absolute atomic E-state index is 0.414. The highest BCUT2D eigenvalue weighted by molar-refractivity contribution is 5.30. The highest BCUT2D eigenvalue weighted by Crippen LogP contribution is 2.31. The van der Waals surface area contributed by atoms with Crippen LogP contribution >= 0.6 is 0 Å². The lowest BCUT2D eigenvalue weighted by Gasteiger charge is -2.16. The molecule has 0 spiro atoms. The van der Waals surface area contributed by atoms with Gasteiger partial charge < -0.3 is 9.67 Å². The second-order valence-electron chi connectivity index (χ2n) is 5.51. The molecule has 0 radical (unpaired) electrons. The minimum atomic E-state index is -4.30. The molecule has 1 aliphatic carbocycles. The summed E-state index contributed by atoms with van der Waals surface area (Å²) in [5.74, 6) is 0. The first-order valence-corrected chi connectivity index (χ1v) is 6.96. The van der Waals surface area contributed by atoms with Crippen LogP contribution in [0, 0.1) is 0 Å². The number of rotatable bonds is 2. The number of aryl methyl sites for hydroxylation is 1. The maximum absolute atomic E-state index is 12.5. The number of hydrogen-bond donors (Lipinski definition) is 1. The quantitative estimate of drug-likeness (QED) is 0.892. The standard InChI is InChI=1S/C16H16F3NO/c17-16(18,19)13-6-4-11(5-7-13)8-20-9-12-2-1-3-15(21)14(12)10-20/h4-7,9-10,15,21H,1-3,8H2. The number of fused-ring (bicyclic) bond motifs is 1. The molecule has 21 heavy (non-hydrogen) atoms. The van der Waals surface area contributed by atoms with E-state index < -0.39 is 17.8 Å². The lowest BCUT2D eigenvalue weighted by Crippen LogP contribution is -2.05. The molecule has 2 aromatic rings. The Bertz CT molecular complexity index is 628. The Balaban J connectivity index is 1.78. The van der Waals surface area contributed by atoms with E-state index in [9.17, 15) is 18.3 Å². The molecule has 3 rings (SSSR count). The molecule has 1 aliphatic rings. The van der Waals surface area contributed by atoms with Crippen LogP contribution in [0.2, 0.25) is 0 Å². The summed E-state index contributed by atoms with van der Waals surface area (Å²) < 4.78 is 39.5. The first kappa shape index (κ1) is 14.2. The Morgan fingerprint density at radius 3 is 2.48 bits per heavy atom. The van der Waals surface area contributed by atoms with Gasteiger partial charge in [0.05, 0.1) is 11.7 Å². The fourth-order valence-electron chi connectivity index (χ4n) is 2.83. The van der Waals surface area contributed by atoms with Crippen LogP contribution in [0.15, 0.2) is 36.7 Å². The molecule has 0 bridgehead atoms. The predicted octanol–water partition coefficient (Wildman–Crippen LogP) is 3.92. The smallest absolute Gasteiger partial charge is 0.388 e. The molecule has 1 N–H and O–H groups in total. The van der Waals surface area contributed by atoms with Crippen LogP contribution in [0.1, 0.15) is 41.2 Å². The third-order valence-corrected chi connectivity index (χ3v) is 3.93. The van der Waals surface area contributed by atoms with Crippen LogP contribution < -0.4 is 0 Å². The zero-order valence-corrected chi connectivity index (χ0v) is 11.4. The van der Waals surface area contributed by atoms with Crippen molar-refractivity contribution in [2.24, 2.45) is 0 Å². The molecule has 0 saturated carbocycles. The van der Waals surface area contributed by atoms with E-state index in [1.165, 1.54) is 12.1 Å². The van der Waals surface area contributed by atoms with E-state index >= 15 is 0 Å². The van der Waals surface area contributed by atoms with E-state index in [1.54, 1.807) is 0 Å². The second-order valence-corrected chi connectivity index (χ2v) is 5.51. The van der Waals surface area contributed by atoms with Gasteiger partial charge in [0.15, 0.2) is 0 Å². The number of halogens is 3. The van der Waals surface area contributed by atoms with Crippen LogP contribution in [0.25, 0.3) is 0 Å². The molecular weight excluding hydrogens is 279 g/mol. The van der Waals surface area contributed by atoms with Crippen molar-refractivity contribution in [3.05, 3.63) is 58.9 Å². The number of aliphatic hydroxyl groups is 1. The van der Waals surface area contributed by atoms with E-state index in [-0.39, 0.29) is 0 Å². The Kier molecular flexibility index (Phi) is 3.53. The Hall–Kier alpha value is -1.75. The molecule has 1 heterocycles. The maximum Gasteiger partial charge on any atom is 0.416 e. The average molecular weight is 295 g/mol. The van der Waals surface area contributed by atoms with Crippen molar-refractivity contribution >= 4 is 0 Å². The molecule has 1 aromatic heterocycles. The van der Waals surface area contributed by atoms with Gasteiger partial charge in [-0.2, -0.15) is 13.2 Å². The molecule has 0 saturated heterocycles. The molecule has 2 nitrogen and oxygen atoms in total. The van der Waals surface area contributed by atoms with Crippen molar-refractivity contribution < 1.29 is 18.3 Å². The fourth-order valence-corrected chi connectivity index (χ4v) is 2.83. The Morgan fingerprint density at radius 1 is 1.14 bits per heavy atom. The van der Waals surface area contributed by atoms with Gasteiger partial charge in [0.25, 0.3) is 0 Å². The maximum atomic E-state index is 12.5. The van der Waals surface area contributed by atoms with Gasteiger partial charge in [0.2, 0.25) is 0 Å². The average Bonchev–Trinajstić information content (AvgIpc) is 2.82. The molecule has 112 valence electrons. The molecular formula is C16H16F3NO. The van der Waals surface area contributed by atoms with E-state index in [4.69, 9.17) is 0 Å². The van der Waals surface area contributed by atoms with Gasteiger partial charge in [0, 0.05) is 24.5 Å². The highest BCUT2D eigenvalue weighted by Gasteiger charge is 2.29. The van der Waals surface area contributed by atoms with Gasteiger partial charge in [-0.05, 0) is 42.5 Å². The molecule has 0 amide bonds. The van der Waals surface area contributed by atoms with Crippen molar-refractivity contribution in [3.8, 4) is 0 Å². The van der Waals surface area contributed by atoms with E-state index in [0.717, 1.165) is 48.1 Å². The lowest BCUT2D eigenvalue weighted by atomic mass is 9.93. The largest absolute Gasteiger partial charge is 0.416 e. The summed E-state index contributed by atoms with van der Waals surface area (Å²) in [7, 11) is 0. The van der Waals surface area contributed by atoms with Gasteiger partial charge >= 0.3 is 6.18 Å². The second kappa shape index (κ2) is 5.22. The molecule has 1 atom stereocenters. The number of aliphatic hydroxyl groups excluding tert-OH is 1. The fraction of sp³-hybridized carbons (Fsp3) is 0.375. The topological polar surface area (TPSA) is 25.2 Å². The monoisotopic (exact) mass is 295 g/mol. The zero-order chi connectivity index (χ0) is 15.0. The number of hydrogen-bond acceptors (Lipinski definition) is 1. The SMILES string of the molecule is OC1CCCc2cn(Cc3ccc(C(F)(F)F)cc3)cc21. The summed E-state index contributed by atoms with van der Waals surface area (Å²) in [4.78, 5) is 0. The van der Waals surface area contributed by atoms with E-state index in [2.05, 4.69) is 0 Å².